The molecule has 0 aliphatic carbocycles. The monoisotopic (exact) mass is 394 g/mol. The molecule has 0 fully saturated rings. The summed E-state index contributed by atoms with van der Waals surface area (Å²) in [5, 5.41) is 8.87. The first-order chi connectivity index (χ1) is 14.0. The van der Waals surface area contributed by atoms with E-state index in [9.17, 15) is 14.4 Å². The van der Waals surface area contributed by atoms with E-state index in [2.05, 4.69) is 20.8 Å². The zero-order valence-corrected chi connectivity index (χ0v) is 15.8. The van der Waals surface area contributed by atoms with Crippen molar-refractivity contribution in [3.63, 3.8) is 0 Å². The second-order valence-corrected chi connectivity index (χ2v) is 5.93. The SMILES string of the molecule is CCOC(=O)c1ccccc1NC(=O)c1ccnc(C(=O)Nc2cc(C)on2)c1. The molecule has 29 heavy (non-hydrogen) atoms. The number of ether oxygens (including phenoxy) is 1. The number of nitrogens with zero attached hydrogens (tertiary/aromatic N) is 2. The maximum absolute atomic E-state index is 12.6. The van der Waals surface area contributed by atoms with Crippen molar-refractivity contribution in [2.75, 3.05) is 17.2 Å². The maximum Gasteiger partial charge on any atom is 0.340 e. The molecule has 2 heterocycles. The van der Waals surface area contributed by atoms with Gasteiger partial charge in [0.15, 0.2) is 5.82 Å². The Morgan fingerprint density at radius 3 is 2.59 bits per heavy atom. The number of rotatable bonds is 6. The predicted octanol–water partition coefficient (Wildman–Crippen LogP) is 3.06. The van der Waals surface area contributed by atoms with Gasteiger partial charge < -0.3 is 19.9 Å². The van der Waals surface area contributed by atoms with Crippen LogP contribution in [-0.4, -0.2) is 34.5 Å². The van der Waals surface area contributed by atoms with Crippen LogP contribution in [0.3, 0.4) is 0 Å². The van der Waals surface area contributed by atoms with E-state index in [0.717, 1.165) is 0 Å². The van der Waals surface area contributed by atoms with E-state index in [-0.39, 0.29) is 29.2 Å². The van der Waals surface area contributed by atoms with Gasteiger partial charge in [0, 0.05) is 17.8 Å². The van der Waals surface area contributed by atoms with Gasteiger partial charge >= 0.3 is 5.97 Å². The lowest BCUT2D eigenvalue weighted by atomic mass is 10.1. The lowest BCUT2D eigenvalue weighted by Crippen LogP contribution is -2.18. The van der Waals surface area contributed by atoms with E-state index in [1.54, 1.807) is 44.2 Å². The average molecular weight is 394 g/mol. The molecule has 0 unspecified atom stereocenters. The normalized spacial score (nSPS) is 10.3. The van der Waals surface area contributed by atoms with Crippen LogP contribution in [0.25, 0.3) is 0 Å². The third-order valence-electron chi connectivity index (χ3n) is 3.79. The third-order valence-corrected chi connectivity index (χ3v) is 3.79. The maximum atomic E-state index is 12.6. The number of hydrogen-bond acceptors (Lipinski definition) is 7. The molecule has 0 saturated carbocycles. The van der Waals surface area contributed by atoms with Gasteiger partial charge in [-0.25, -0.2) is 4.79 Å². The molecule has 0 aliphatic rings. The standard InChI is InChI=1S/C20H18N4O5/c1-3-28-20(27)14-6-4-5-7-15(14)22-18(25)13-8-9-21-16(11-13)19(26)23-17-10-12(2)29-24-17/h4-11H,3H2,1-2H3,(H,22,25)(H,23,24,26). The molecular formula is C20H18N4O5. The highest BCUT2D eigenvalue weighted by molar-refractivity contribution is 6.09. The Balaban J connectivity index is 1.76. The summed E-state index contributed by atoms with van der Waals surface area (Å²) < 4.78 is 9.89. The van der Waals surface area contributed by atoms with Crippen LogP contribution >= 0.6 is 0 Å². The number of benzene rings is 1. The van der Waals surface area contributed by atoms with Gasteiger partial charge in [0.25, 0.3) is 11.8 Å². The molecule has 2 N–H and O–H groups in total. The van der Waals surface area contributed by atoms with Crippen LogP contribution in [0.4, 0.5) is 11.5 Å². The van der Waals surface area contributed by atoms with Gasteiger partial charge in [-0.1, -0.05) is 17.3 Å². The Labute approximate surface area is 166 Å². The van der Waals surface area contributed by atoms with Crippen molar-refractivity contribution in [1.82, 2.24) is 10.1 Å². The second-order valence-electron chi connectivity index (χ2n) is 5.93. The molecule has 0 spiro atoms. The predicted molar refractivity (Wildman–Crippen MR) is 104 cm³/mol. The Morgan fingerprint density at radius 2 is 1.86 bits per heavy atom. The topological polar surface area (TPSA) is 123 Å². The Morgan fingerprint density at radius 1 is 1.07 bits per heavy atom. The highest BCUT2D eigenvalue weighted by atomic mass is 16.5. The van der Waals surface area contributed by atoms with Crippen LogP contribution in [0.15, 0.2) is 53.2 Å². The Kier molecular flexibility index (Phi) is 5.98. The first kappa shape index (κ1) is 19.7. The number of nitrogens with one attached hydrogen (secondary N) is 2. The summed E-state index contributed by atoms with van der Waals surface area (Å²) in [5.41, 5.74) is 0.755. The highest BCUT2D eigenvalue weighted by Crippen LogP contribution is 2.18. The van der Waals surface area contributed by atoms with Crippen LogP contribution in [0, 0.1) is 6.92 Å². The third kappa shape index (κ3) is 4.83. The molecule has 0 aliphatic heterocycles. The lowest BCUT2D eigenvalue weighted by Gasteiger charge is -2.10. The molecular weight excluding hydrogens is 376 g/mol. The number of aromatic nitrogens is 2. The largest absolute Gasteiger partial charge is 0.462 e. The van der Waals surface area contributed by atoms with Gasteiger partial charge in [-0.15, -0.1) is 0 Å². The summed E-state index contributed by atoms with van der Waals surface area (Å²) in [6.07, 6.45) is 1.34. The number of carbonyl (C=O) groups is 3. The zero-order chi connectivity index (χ0) is 20.8. The minimum Gasteiger partial charge on any atom is -0.462 e. The molecule has 9 heteroatoms. The summed E-state index contributed by atoms with van der Waals surface area (Å²) >= 11 is 0. The van der Waals surface area contributed by atoms with E-state index in [1.807, 2.05) is 0 Å². The van der Waals surface area contributed by atoms with Crippen LogP contribution < -0.4 is 10.6 Å². The van der Waals surface area contributed by atoms with Gasteiger partial charge in [0.1, 0.15) is 11.5 Å². The summed E-state index contributed by atoms with van der Waals surface area (Å²) in [5.74, 6) is -0.800. The number of para-hydroxylation sites is 1. The second kappa shape index (κ2) is 8.79. The van der Waals surface area contributed by atoms with Crippen LogP contribution in [-0.2, 0) is 4.74 Å². The molecule has 148 valence electrons. The smallest absolute Gasteiger partial charge is 0.340 e. The molecule has 1 aromatic carbocycles. The minimum absolute atomic E-state index is 0.0250. The fourth-order valence-corrected chi connectivity index (χ4v) is 2.48. The van der Waals surface area contributed by atoms with Gasteiger partial charge in [0.05, 0.1) is 17.9 Å². The van der Waals surface area contributed by atoms with E-state index in [0.29, 0.717) is 11.4 Å². The first-order valence-electron chi connectivity index (χ1n) is 8.76. The van der Waals surface area contributed by atoms with Gasteiger partial charge in [-0.05, 0) is 38.1 Å². The number of amides is 2. The molecule has 9 nitrogen and oxygen atoms in total. The number of hydrogen-bond donors (Lipinski definition) is 2. The Hall–Kier alpha value is -4.01. The number of carbonyl (C=O) groups excluding carboxylic acids is 3. The number of aryl methyl sites for hydroxylation is 1. The molecule has 3 rings (SSSR count). The number of anilines is 2. The minimum atomic E-state index is -0.542. The van der Waals surface area contributed by atoms with E-state index in [1.165, 1.54) is 18.3 Å². The Bertz CT molecular complexity index is 1060. The summed E-state index contributed by atoms with van der Waals surface area (Å²) in [6.45, 7) is 3.61. The van der Waals surface area contributed by atoms with Crippen LogP contribution in [0.5, 0.6) is 0 Å². The van der Waals surface area contributed by atoms with Crippen molar-refractivity contribution in [1.29, 1.82) is 0 Å². The average Bonchev–Trinajstić information content (AvgIpc) is 3.13. The van der Waals surface area contributed by atoms with Gasteiger partial charge in [0.2, 0.25) is 0 Å². The van der Waals surface area contributed by atoms with Crippen molar-refractivity contribution in [2.45, 2.75) is 13.8 Å². The lowest BCUT2D eigenvalue weighted by molar-refractivity contribution is 0.0527. The van der Waals surface area contributed by atoms with Crippen LogP contribution in [0.1, 0.15) is 43.9 Å². The fraction of sp³-hybridized carbons (Fsp3) is 0.150. The van der Waals surface area contributed by atoms with E-state index in [4.69, 9.17) is 9.26 Å². The van der Waals surface area contributed by atoms with Crippen molar-refractivity contribution < 1.29 is 23.6 Å². The molecule has 0 atom stereocenters. The molecule has 3 aromatic rings. The highest BCUT2D eigenvalue weighted by Gasteiger charge is 2.17. The number of esters is 1. The first-order valence-corrected chi connectivity index (χ1v) is 8.76. The summed E-state index contributed by atoms with van der Waals surface area (Å²) in [6, 6.07) is 10.8. The fourth-order valence-electron chi connectivity index (χ4n) is 2.48. The van der Waals surface area contributed by atoms with Crippen molar-refractivity contribution in [3.8, 4) is 0 Å². The van der Waals surface area contributed by atoms with Crippen LogP contribution in [0.2, 0.25) is 0 Å². The zero-order valence-electron chi connectivity index (χ0n) is 15.8. The molecule has 2 amide bonds. The molecule has 0 saturated heterocycles. The van der Waals surface area contributed by atoms with Crippen molar-refractivity contribution >= 4 is 29.3 Å². The molecule has 0 radical (unpaired) electrons. The summed E-state index contributed by atoms with van der Waals surface area (Å²) in [4.78, 5) is 41.0. The van der Waals surface area contributed by atoms with Gasteiger partial charge in [-0.2, -0.15) is 0 Å². The van der Waals surface area contributed by atoms with E-state index >= 15 is 0 Å². The van der Waals surface area contributed by atoms with E-state index < -0.39 is 17.8 Å². The molecule has 2 aromatic heterocycles. The number of pyridine rings is 1. The molecule has 0 bridgehead atoms. The van der Waals surface area contributed by atoms with Crippen molar-refractivity contribution in [2.24, 2.45) is 0 Å². The summed E-state index contributed by atoms with van der Waals surface area (Å²) in [7, 11) is 0. The van der Waals surface area contributed by atoms with Crippen molar-refractivity contribution in [3.05, 3.63) is 71.2 Å². The quantitative estimate of drug-likeness (QED) is 0.616. The van der Waals surface area contributed by atoms with Gasteiger partial charge in [-0.3, -0.25) is 14.6 Å².